The number of carbonyl (C=O) groups excluding carboxylic acids is 1. The minimum Gasteiger partial charge on any atom is -0.503 e. The third-order valence-corrected chi connectivity index (χ3v) is 2.79. The molecule has 1 aromatic carbocycles. The topological polar surface area (TPSA) is 44.8 Å². The van der Waals surface area contributed by atoms with Crippen LogP contribution in [0.3, 0.4) is 0 Å². The lowest BCUT2D eigenvalue weighted by molar-refractivity contribution is -0.135. The minimum atomic E-state index is -0.430. The summed E-state index contributed by atoms with van der Waals surface area (Å²) >= 11 is 0. The number of rotatable bonds is 6. The van der Waals surface area contributed by atoms with Crippen LogP contribution in [0, 0.1) is 0 Å². The maximum atomic E-state index is 11.6. The van der Waals surface area contributed by atoms with Gasteiger partial charge in [0.15, 0.2) is 0 Å². The number of benzene rings is 1. The van der Waals surface area contributed by atoms with E-state index in [1.165, 1.54) is 20.5 Å². The first-order valence-electron chi connectivity index (χ1n) is 6.43. The fourth-order valence-electron chi connectivity index (χ4n) is 1.67. The van der Waals surface area contributed by atoms with Crippen molar-refractivity contribution in [2.75, 3.05) is 21.3 Å². The normalized spacial score (nSPS) is 12.4. The van der Waals surface area contributed by atoms with E-state index < -0.39 is 5.97 Å². The van der Waals surface area contributed by atoms with E-state index >= 15 is 0 Å². The van der Waals surface area contributed by atoms with Crippen LogP contribution < -0.4 is 4.74 Å². The summed E-state index contributed by atoms with van der Waals surface area (Å²) < 4.78 is 14.8. The van der Waals surface area contributed by atoms with Gasteiger partial charge in [0.1, 0.15) is 5.75 Å². The molecule has 1 aromatic rings. The molecule has 0 aliphatic rings. The zero-order valence-corrected chi connectivity index (χ0v) is 12.8. The van der Waals surface area contributed by atoms with Gasteiger partial charge in [-0.2, -0.15) is 0 Å². The standard InChI is InChI=1S/C17H20O4/c1-13(16(12-19-2)17(18)21-4)7-5-8-14-9-6-10-15(11-14)20-3/h5-12H,1-4H3. The molecule has 0 fully saturated rings. The third-order valence-electron chi connectivity index (χ3n) is 2.79. The van der Waals surface area contributed by atoms with Gasteiger partial charge >= 0.3 is 5.97 Å². The maximum absolute atomic E-state index is 11.6. The monoisotopic (exact) mass is 288 g/mol. The second-order valence-electron chi connectivity index (χ2n) is 4.24. The van der Waals surface area contributed by atoms with Gasteiger partial charge in [0.2, 0.25) is 0 Å². The predicted molar refractivity (Wildman–Crippen MR) is 82.9 cm³/mol. The average molecular weight is 288 g/mol. The summed E-state index contributed by atoms with van der Waals surface area (Å²) in [6.07, 6.45) is 6.97. The van der Waals surface area contributed by atoms with Gasteiger partial charge in [0.05, 0.1) is 33.2 Å². The molecule has 0 saturated heterocycles. The Labute approximate surface area is 125 Å². The van der Waals surface area contributed by atoms with Crippen LogP contribution in [-0.4, -0.2) is 27.3 Å². The number of hydrogen-bond acceptors (Lipinski definition) is 4. The van der Waals surface area contributed by atoms with E-state index in [9.17, 15) is 4.79 Å². The highest BCUT2D eigenvalue weighted by molar-refractivity contribution is 5.92. The quantitative estimate of drug-likeness (QED) is 0.348. The minimum absolute atomic E-state index is 0.385. The van der Waals surface area contributed by atoms with Crippen LogP contribution >= 0.6 is 0 Å². The first-order valence-corrected chi connectivity index (χ1v) is 6.43. The van der Waals surface area contributed by atoms with E-state index in [0.29, 0.717) is 5.57 Å². The van der Waals surface area contributed by atoms with Gasteiger partial charge in [-0.15, -0.1) is 0 Å². The zero-order valence-electron chi connectivity index (χ0n) is 12.8. The van der Waals surface area contributed by atoms with Crippen molar-refractivity contribution in [1.29, 1.82) is 0 Å². The van der Waals surface area contributed by atoms with Gasteiger partial charge in [0, 0.05) is 0 Å². The van der Waals surface area contributed by atoms with Crippen molar-refractivity contribution < 1.29 is 19.0 Å². The summed E-state index contributed by atoms with van der Waals surface area (Å²) in [5, 5.41) is 0. The van der Waals surface area contributed by atoms with Gasteiger partial charge in [-0.1, -0.05) is 30.4 Å². The summed E-state index contributed by atoms with van der Waals surface area (Å²) in [4.78, 5) is 11.6. The number of hydrogen-bond donors (Lipinski definition) is 0. The van der Waals surface area contributed by atoms with E-state index in [1.807, 2.05) is 49.4 Å². The lowest BCUT2D eigenvalue weighted by Crippen LogP contribution is -2.06. The van der Waals surface area contributed by atoms with Crippen LogP contribution in [0.25, 0.3) is 6.08 Å². The Morgan fingerprint density at radius 3 is 2.57 bits per heavy atom. The third kappa shape index (κ3) is 5.18. The number of carbonyl (C=O) groups is 1. The molecular formula is C17H20O4. The number of esters is 1. The molecule has 0 bridgehead atoms. The van der Waals surface area contributed by atoms with Crippen LogP contribution in [0.1, 0.15) is 12.5 Å². The molecule has 0 aliphatic carbocycles. The predicted octanol–water partition coefficient (Wildman–Crippen LogP) is 3.36. The molecule has 0 N–H and O–H groups in total. The summed E-state index contributed by atoms with van der Waals surface area (Å²) in [6.45, 7) is 1.82. The smallest absolute Gasteiger partial charge is 0.341 e. The number of methoxy groups -OCH3 is 3. The van der Waals surface area contributed by atoms with Crippen LogP contribution in [0.15, 0.2) is 53.8 Å². The second kappa shape index (κ2) is 8.64. The Hall–Kier alpha value is -2.49. The summed E-state index contributed by atoms with van der Waals surface area (Å²) in [5.41, 5.74) is 2.15. The molecular weight excluding hydrogens is 268 g/mol. The zero-order chi connectivity index (χ0) is 15.7. The van der Waals surface area contributed by atoms with Crippen LogP contribution in [-0.2, 0) is 14.3 Å². The summed E-state index contributed by atoms with van der Waals surface area (Å²) in [6, 6.07) is 7.69. The molecule has 0 radical (unpaired) electrons. The van der Waals surface area contributed by atoms with Gasteiger partial charge in [-0.3, -0.25) is 0 Å². The molecule has 0 aliphatic heterocycles. The molecule has 0 heterocycles. The first kappa shape index (κ1) is 16.6. The van der Waals surface area contributed by atoms with Crippen LogP contribution in [0.2, 0.25) is 0 Å². The molecule has 1 rings (SSSR count). The lowest BCUT2D eigenvalue weighted by atomic mass is 10.1. The summed E-state index contributed by atoms with van der Waals surface area (Å²) in [5.74, 6) is 0.368. The lowest BCUT2D eigenvalue weighted by Gasteiger charge is -2.04. The van der Waals surface area contributed by atoms with E-state index in [2.05, 4.69) is 0 Å². The molecule has 21 heavy (non-hydrogen) atoms. The molecule has 0 spiro atoms. The Bertz CT molecular complexity index is 568. The highest BCUT2D eigenvalue weighted by Crippen LogP contribution is 2.15. The second-order valence-corrected chi connectivity index (χ2v) is 4.24. The van der Waals surface area contributed by atoms with Crippen molar-refractivity contribution >= 4 is 12.0 Å². The highest BCUT2D eigenvalue weighted by atomic mass is 16.5. The molecule has 0 aromatic heterocycles. The van der Waals surface area contributed by atoms with Gasteiger partial charge in [-0.25, -0.2) is 4.79 Å². The van der Waals surface area contributed by atoms with Crippen LogP contribution in [0.5, 0.6) is 5.75 Å². The Morgan fingerprint density at radius 1 is 1.19 bits per heavy atom. The van der Waals surface area contributed by atoms with Crippen LogP contribution in [0.4, 0.5) is 0 Å². The van der Waals surface area contributed by atoms with Gasteiger partial charge in [0.25, 0.3) is 0 Å². The highest BCUT2D eigenvalue weighted by Gasteiger charge is 2.11. The first-order chi connectivity index (χ1) is 10.1. The van der Waals surface area contributed by atoms with Crippen molar-refractivity contribution in [3.63, 3.8) is 0 Å². The van der Waals surface area contributed by atoms with Gasteiger partial charge < -0.3 is 14.2 Å². The molecule has 4 nitrogen and oxygen atoms in total. The number of ether oxygens (including phenoxy) is 3. The van der Waals surface area contributed by atoms with Crippen molar-refractivity contribution in [3.8, 4) is 5.75 Å². The van der Waals surface area contributed by atoms with Crippen molar-refractivity contribution in [2.45, 2.75) is 6.92 Å². The largest absolute Gasteiger partial charge is 0.503 e. The fraction of sp³-hybridized carbons (Fsp3) is 0.235. The van der Waals surface area contributed by atoms with E-state index in [1.54, 1.807) is 7.11 Å². The molecule has 0 unspecified atom stereocenters. The van der Waals surface area contributed by atoms with Gasteiger partial charge in [-0.05, 0) is 30.2 Å². The summed E-state index contributed by atoms with van der Waals surface area (Å²) in [7, 11) is 4.46. The van der Waals surface area contributed by atoms with E-state index in [0.717, 1.165) is 16.9 Å². The van der Waals surface area contributed by atoms with Crippen molar-refractivity contribution in [2.24, 2.45) is 0 Å². The Kier molecular flexibility index (Phi) is 6.81. The molecule has 112 valence electrons. The van der Waals surface area contributed by atoms with E-state index in [-0.39, 0.29) is 0 Å². The SMILES string of the molecule is COC=C(C(=O)OC)C(C)=CC=Cc1cccc(OC)c1. The molecule has 4 heteroatoms. The molecule has 0 atom stereocenters. The Balaban J connectivity index is 2.88. The molecule has 0 amide bonds. The molecule has 0 saturated carbocycles. The maximum Gasteiger partial charge on any atom is 0.341 e. The van der Waals surface area contributed by atoms with Crippen molar-refractivity contribution in [1.82, 2.24) is 0 Å². The average Bonchev–Trinajstić information content (AvgIpc) is 2.52. The Morgan fingerprint density at radius 2 is 1.95 bits per heavy atom. The fourth-order valence-corrected chi connectivity index (χ4v) is 1.67. The number of allylic oxidation sites excluding steroid dienone is 2. The van der Waals surface area contributed by atoms with Crippen molar-refractivity contribution in [3.05, 3.63) is 59.4 Å². The van der Waals surface area contributed by atoms with E-state index in [4.69, 9.17) is 14.2 Å².